The van der Waals surface area contributed by atoms with Crippen LogP contribution in [0.15, 0.2) is 42.7 Å². The number of ether oxygens (including phenoxy) is 1. The smallest absolute Gasteiger partial charge is 0.269 e. The molecule has 2 aromatic rings. The van der Waals surface area contributed by atoms with Crippen LogP contribution >= 0.6 is 0 Å². The van der Waals surface area contributed by atoms with Gasteiger partial charge in [0, 0.05) is 31.2 Å². The van der Waals surface area contributed by atoms with Gasteiger partial charge in [0.25, 0.3) is 11.5 Å². The van der Waals surface area contributed by atoms with E-state index in [4.69, 9.17) is 9.57 Å². The molecule has 0 aliphatic carbocycles. The van der Waals surface area contributed by atoms with E-state index in [1.165, 1.54) is 24.3 Å². The Hall–Kier alpha value is -3.63. The summed E-state index contributed by atoms with van der Waals surface area (Å²) < 4.78 is 5.36. The fourth-order valence-electron chi connectivity index (χ4n) is 2.64. The lowest BCUT2D eigenvalue weighted by Gasteiger charge is -2.34. The number of aromatic hydroxyl groups is 2. The van der Waals surface area contributed by atoms with Crippen LogP contribution in [0.5, 0.6) is 17.2 Å². The molecule has 0 spiro atoms. The van der Waals surface area contributed by atoms with Gasteiger partial charge in [-0.05, 0) is 17.7 Å². The van der Waals surface area contributed by atoms with Gasteiger partial charge in [-0.3, -0.25) is 14.9 Å². The number of hydrogen-bond donors (Lipinski definition) is 4. The zero-order valence-electron chi connectivity index (χ0n) is 13.9. The molecule has 0 bridgehead atoms. The monoisotopic (exact) mass is 374 g/mol. The van der Waals surface area contributed by atoms with E-state index in [1.54, 1.807) is 0 Å². The average molecular weight is 374 g/mol. The molecule has 1 amide bonds. The summed E-state index contributed by atoms with van der Waals surface area (Å²) in [7, 11) is 0. The Kier molecular flexibility index (Phi) is 4.44. The second kappa shape index (κ2) is 6.59. The Bertz CT molecular complexity index is 954. The zero-order valence-corrected chi connectivity index (χ0v) is 13.9. The first-order valence-electron chi connectivity index (χ1n) is 7.58. The minimum absolute atomic E-state index is 0.0420. The number of fused-ring (bicyclic) bond motifs is 1. The Balaban J connectivity index is 2.13. The summed E-state index contributed by atoms with van der Waals surface area (Å²) in [5.74, 6) is -4.00. The van der Waals surface area contributed by atoms with Crippen molar-refractivity contribution < 1.29 is 34.6 Å². The first-order valence-corrected chi connectivity index (χ1v) is 7.58. The number of phenols is 2. The van der Waals surface area contributed by atoms with Crippen LogP contribution < -0.4 is 10.2 Å². The van der Waals surface area contributed by atoms with Gasteiger partial charge in [0.1, 0.15) is 29.1 Å². The lowest BCUT2D eigenvalue weighted by molar-refractivity contribution is -0.384. The standard InChI is InChI=1S/C17H14N2O8/c1-9(20)18-27-17(23)13(10-2-4-11(5-3-10)19(24)25)8-26-15-7-12(21)6-14(22)16(15)17/h2-8,21-23H,1H3,(H,18,20). The number of benzene rings is 2. The summed E-state index contributed by atoms with van der Waals surface area (Å²) in [6.07, 6.45) is 1.09. The molecule has 0 saturated heterocycles. The van der Waals surface area contributed by atoms with Crippen LogP contribution in [0, 0.1) is 10.1 Å². The summed E-state index contributed by atoms with van der Waals surface area (Å²) in [4.78, 5) is 26.7. The van der Waals surface area contributed by atoms with Gasteiger partial charge in [-0.1, -0.05) is 0 Å². The maximum Gasteiger partial charge on any atom is 0.269 e. The molecule has 140 valence electrons. The molecule has 2 aromatic carbocycles. The number of amides is 1. The van der Waals surface area contributed by atoms with Crippen LogP contribution in [0.25, 0.3) is 5.57 Å². The molecule has 0 aromatic heterocycles. The van der Waals surface area contributed by atoms with E-state index in [-0.39, 0.29) is 33.9 Å². The number of nitro benzene ring substituents is 1. The Morgan fingerprint density at radius 1 is 1.26 bits per heavy atom. The Morgan fingerprint density at radius 2 is 1.93 bits per heavy atom. The van der Waals surface area contributed by atoms with Crippen LogP contribution in [0.2, 0.25) is 0 Å². The number of carbonyl (C=O) groups excluding carboxylic acids is 1. The molecule has 1 aliphatic heterocycles. The fraction of sp³-hybridized carbons (Fsp3) is 0.118. The van der Waals surface area contributed by atoms with Crippen LogP contribution in [0.1, 0.15) is 18.1 Å². The predicted octanol–water partition coefficient (Wildman–Crippen LogP) is 1.65. The van der Waals surface area contributed by atoms with Crippen molar-refractivity contribution in [1.29, 1.82) is 0 Å². The number of carbonyl (C=O) groups is 1. The second-order valence-corrected chi connectivity index (χ2v) is 5.70. The molecular weight excluding hydrogens is 360 g/mol. The van der Waals surface area contributed by atoms with Gasteiger partial charge in [0.15, 0.2) is 0 Å². The predicted molar refractivity (Wildman–Crippen MR) is 90.3 cm³/mol. The highest BCUT2D eigenvalue weighted by atomic mass is 16.7. The van der Waals surface area contributed by atoms with Crippen molar-refractivity contribution in [3.63, 3.8) is 0 Å². The van der Waals surface area contributed by atoms with Crippen molar-refractivity contribution in [1.82, 2.24) is 5.48 Å². The van der Waals surface area contributed by atoms with Crippen molar-refractivity contribution in [2.75, 3.05) is 0 Å². The molecule has 10 nitrogen and oxygen atoms in total. The third kappa shape index (κ3) is 3.26. The van der Waals surface area contributed by atoms with E-state index in [0.29, 0.717) is 0 Å². The summed E-state index contributed by atoms with van der Waals surface area (Å²) in [6.45, 7) is 1.15. The quantitative estimate of drug-likeness (QED) is 0.358. The van der Waals surface area contributed by atoms with E-state index >= 15 is 0 Å². The highest BCUT2D eigenvalue weighted by Gasteiger charge is 2.45. The molecule has 1 aliphatic rings. The summed E-state index contributed by atoms with van der Waals surface area (Å²) in [6, 6.07) is 7.21. The van der Waals surface area contributed by atoms with Crippen molar-refractivity contribution >= 4 is 17.2 Å². The molecule has 1 atom stereocenters. The highest BCUT2D eigenvalue weighted by Crippen LogP contribution is 2.49. The van der Waals surface area contributed by atoms with Crippen LogP contribution in [-0.4, -0.2) is 26.2 Å². The van der Waals surface area contributed by atoms with E-state index in [2.05, 4.69) is 0 Å². The Morgan fingerprint density at radius 3 is 2.52 bits per heavy atom. The molecule has 1 unspecified atom stereocenters. The van der Waals surface area contributed by atoms with Crippen LogP contribution in [0.3, 0.4) is 0 Å². The number of phenolic OH excluding ortho intramolecular Hbond substituents is 2. The van der Waals surface area contributed by atoms with Crippen molar-refractivity contribution in [3.8, 4) is 17.2 Å². The SMILES string of the molecule is CC(=O)NOC1(O)C(c2ccc([N+](=O)[O-])cc2)=COc2cc(O)cc(O)c21. The van der Waals surface area contributed by atoms with Crippen LogP contribution in [0.4, 0.5) is 5.69 Å². The van der Waals surface area contributed by atoms with Gasteiger partial charge in [0.2, 0.25) is 5.91 Å². The summed E-state index contributed by atoms with van der Waals surface area (Å²) >= 11 is 0. The molecule has 10 heteroatoms. The maximum absolute atomic E-state index is 11.3. The van der Waals surface area contributed by atoms with Crippen molar-refractivity contribution in [3.05, 3.63) is 63.9 Å². The third-order valence-electron chi connectivity index (χ3n) is 3.81. The van der Waals surface area contributed by atoms with Gasteiger partial charge in [0.05, 0.1) is 10.5 Å². The molecule has 3 rings (SSSR count). The zero-order chi connectivity index (χ0) is 19.8. The Labute approximate surface area is 152 Å². The number of nitrogens with zero attached hydrogens (tertiary/aromatic N) is 1. The van der Waals surface area contributed by atoms with Gasteiger partial charge < -0.3 is 20.1 Å². The summed E-state index contributed by atoms with van der Waals surface area (Å²) in [5.41, 5.74) is 1.80. The van der Waals surface area contributed by atoms with E-state index < -0.39 is 22.4 Å². The van der Waals surface area contributed by atoms with Crippen molar-refractivity contribution in [2.24, 2.45) is 0 Å². The highest BCUT2D eigenvalue weighted by molar-refractivity contribution is 5.78. The van der Waals surface area contributed by atoms with E-state index in [9.17, 15) is 30.2 Å². The van der Waals surface area contributed by atoms with Gasteiger partial charge in [-0.15, -0.1) is 0 Å². The fourth-order valence-corrected chi connectivity index (χ4v) is 2.64. The second-order valence-electron chi connectivity index (χ2n) is 5.70. The number of rotatable bonds is 4. The molecule has 1 heterocycles. The topological polar surface area (TPSA) is 151 Å². The minimum atomic E-state index is -2.40. The number of aliphatic hydroxyl groups is 1. The van der Waals surface area contributed by atoms with Gasteiger partial charge >= 0.3 is 0 Å². The summed E-state index contributed by atoms with van der Waals surface area (Å²) in [5, 5.41) is 41.8. The number of hydroxylamine groups is 1. The largest absolute Gasteiger partial charge is 0.508 e. The van der Waals surface area contributed by atoms with Crippen LogP contribution in [-0.2, 0) is 15.4 Å². The normalized spacial score (nSPS) is 18.1. The van der Waals surface area contributed by atoms with Gasteiger partial charge in [-0.2, -0.15) is 0 Å². The molecule has 4 N–H and O–H groups in total. The van der Waals surface area contributed by atoms with Gasteiger partial charge in [-0.25, -0.2) is 10.3 Å². The molecule has 0 saturated carbocycles. The van der Waals surface area contributed by atoms with E-state index in [1.807, 2.05) is 5.48 Å². The molecule has 0 radical (unpaired) electrons. The third-order valence-corrected chi connectivity index (χ3v) is 3.81. The van der Waals surface area contributed by atoms with Crippen molar-refractivity contribution in [2.45, 2.75) is 12.7 Å². The average Bonchev–Trinajstić information content (AvgIpc) is 2.60. The molecule has 0 fully saturated rings. The van der Waals surface area contributed by atoms with E-state index in [0.717, 1.165) is 25.3 Å². The first kappa shape index (κ1) is 18.2. The lowest BCUT2D eigenvalue weighted by Crippen LogP contribution is -2.40. The number of non-ortho nitro benzene ring substituents is 1. The first-order chi connectivity index (χ1) is 12.7. The molecular formula is C17H14N2O8. The maximum atomic E-state index is 11.3. The lowest BCUT2D eigenvalue weighted by atomic mass is 9.89. The number of hydrogen-bond acceptors (Lipinski definition) is 8. The minimum Gasteiger partial charge on any atom is -0.508 e. The number of nitro groups is 1. The number of nitrogens with one attached hydrogen (secondary N) is 1. The molecule has 27 heavy (non-hydrogen) atoms.